The van der Waals surface area contributed by atoms with Gasteiger partial charge in [0.2, 0.25) is 23.6 Å². The first-order valence-electron chi connectivity index (χ1n) is 48.6. The van der Waals surface area contributed by atoms with E-state index in [0.29, 0.717) is 82.1 Å². The van der Waals surface area contributed by atoms with Gasteiger partial charge in [0.1, 0.15) is 35.4 Å². The van der Waals surface area contributed by atoms with Crippen LogP contribution in [0.5, 0.6) is 5.75 Å². The highest BCUT2D eigenvalue weighted by atomic mass is 31.2. The Morgan fingerprint density at radius 2 is 0.689 bits per heavy atom. The lowest BCUT2D eigenvalue weighted by Crippen LogP contribution is -2.44. The standard InChI is InChI=1S/C97H174N4O19P2/c1-10-17-23-29-33-37-41-47-51-57-86(102)77-92(104)100-84(79-112-72-67-89(59-53-45-27-21-14-5)119-94(106)61-55-49-43-39-35-31-25-19-12-3)81-117-121(8,110)115-74-69-98-96(108)91(76-83-63-65-88(66-64-83)114-71-16-7)97(109)99-70-75-116-122(9,111)118-82-85(101-93(105)78-87(103)58-52-48-42-38-34-30-24-18-11-2)80-113-73-68-90(60-54-46-28-22-15-6)120-95(107)62-56-50-44-40-36-32-26-20-13-4/h39-40,43-44,63-66,84-85,89-91H,10-38,41-42,45-62,67-82H2,1-9H3,(H,98,108)(H,99,109)(H,100,104)(H,101,105)/b43-39-,44-40-. The quantitative estimate of drug-likeness (QED) is 0.0155. The Hall–Kier alpha value is -5.12. The summed E-state index contributed by atoms with van der Waals surface area (Å²) in [7, 11) is -7.81. The van der Waals surface area contributed by atoms with Crippen molar-refractivity contribution in [3.63, 3.8) is 0 Å². The van der Waals surface area contributed by atoms with Crippen LogP contribution in [0.25, 0.3) is 0 Å². The number of ketones is 2. The van der Waals surface area contributed by atoms with E-state index in [1.54, 1.807) is 24.3 Å². The number of carbonyl (C=O) groups excluding carboxylic acids is 8. The van der Waals surface area contributed by atoms with Crippen molar-refractivity contribution >= 4 is 62.3 Å². The third-order valence-electron chi connectivity index (χ3n) is 21.5. The highest BCUT2D eigenvalue weighted by Crippen LogP contribution is 2.44. The van der Waals surface area contributed by atoms with Crippen LogP contribution in [0.1, 0.15) is 394 Å². The van der Waals surface area contributed by atoms with Crippen molar-refractivity contribution in [2.45, 2.75) is 419 Å². The van der Waals surface area contributed by atoms with Crippen molar-refractivity contribution in [2.75, 3.05) is 85.9 Å². The van der Waals surface area contributed by atoms with Crippen molar-refractivity contribution in [3.8, 4) is 5.75 Å². The Balaban J connectivity index is 3.25. The normalized spacial score (nSPS) is 13.9. The topological polar surface area (TPSA) is 302 Å². The fourth-order valence-electron chi connectivity index (χ4n) is 14.1. The van der Waals surface area contributed by atoms with E-state index in [9.17, 15) is 47.5 Å². The first-order chi connectivity index (χ1) is 59.1. The third kappa shape index (κ3) is 71.0. The van der Waals surface area contributed by atoms with E-state index in [-0.39, 0.29) is 134 Å². The monoisotopic (exact) mass is 1760 g/mol. The van der Waals surface area contributed by atoms with Crippen molar-refractivity contribution in [1.29, 1.82) is 0 Å². The molecular formula is C97H174N4O19P2. The van der Waals surface area contributed by atoms with Gasteiger partial charge >= 0.3 is 27.1 Å². The highest BCUT2D eigenvalue weighted by Gasteiger charge is 2.30. The fraction of sp³-hybridized carbons (Fsp3) is 0.814. The first-order valence-corrected chi connectivity index (χ1v) is 52.6. The van der Waals surface area contributed by atoms with E-state index in [2.05, 4.69) is 87.1 Å². The van der Waals surface area contributed by atoms with Crippen LogP contribution in [0.15, 0.2) is 48.6 Å². The maximum Gasteiger partial charge on any atom is 0.327 e. The van der Waals surface area contributed by atoms with Crippen LogP contribution in [-0.4, -0.2) is 157 Å². The summed E-state index contributed by atoms with van der Waals surface area (Å²) in [6.07, 6.45) is 56.4. The van der Waals surface area contributed by atoms with Gasteiger partial charge in [-0.25, -0.2) is 0 Å². The zero-order valence-electron chi connectivity index (χ0n) is 78.1. The molecule has 25 heteroatoms. The summed E-state index contributed by atoms with van der Waals surface area (Å²) in [4.78, 5) is 108. The van der Waals surface area contributed by atoms with Gasteiger partial charge in [0, 0.05) is 64.9 Å². The van der Waals surface area contributed by atoms with Crippen LogP contribution in [-0.2, 0) is 90.9 Å². The van der Waals surface area contributed by atoms with E-state index in [1.807, 2.05) is 6.92 Å². The van der Waals surface area contributed by atoms with E-state index in [1.165, 1.54) is 129 Å². The molecule has 0 radical (unpaired) electrons. The van der Waals surface area contributed by atoms with Gasteiger partial charge in [-0.3, -0.25) is 47.5 Å². The molecule has 1 aromatic carbocycles. The molecule has 0 aliphatic carbocycles. The van der Waals surface area contributed by atoms with Gasteiger partial charge in [-0.2, -0.15) is 0 Å². The zero-order chi connectivity index (χ0) is 89.5. The second-order valence-electron chi connectivity index (χ2n) is 33.5. The largest absolute Gasteiger partial charge is 0.494 e. The average Bonchev–Trinajstić information content (AvgIpc) is 0.877. The molecule has 4 N–H and O–H groups in total. The van der Waals surface area contributed by atoms with Crippen molar-refractivity contribution in [1.82, 2.24) is 21.3 Å². The third-order valence-corrected chi connectivity index (χ3v) is 24.0. The van der Waals surface area contributed by atoms with Gasteiger partial charge in [0.25, 0.3) is 0 Å². The first kappa shape index (κ1) is 115. The van der Waals surface area contributed by atoms with Crippen LogP contribution in [0.4, 0.5) is 0 Å². The molecule has 6 unspecified atom stereocenters. The van der Waals surface area contributed by atoms with E-state index in [0.717, 1.165) is 135 Å². The number of amides is 4. The second-order valence-corrected chi connectivity index (χ2v) is 37.6. The van der Waals surface area contributed by atoms with Crippen LogP contribution in [0, 0.1) is 5.92 Å². The number of rotatable bonds is 89. The molecule has 0 aliphatic heterocycles. The number of allylic oxidation sites excluding steroid dienone is 4. The lowest BCUT2D eigenvalue weighted by Gasteiger charge is -2.23. The van der Waals surface area contributed by atoms with Crippen molar-refractivity contribution < 1.29 is 89.3 Å². The Bertz CT molecular complexity index is 2790. The highest BCUT2D eigenvalue weighted by molar-refractivity contribution is 7.53. The predicted octanol–water partition coefficient (Wildman–Crippen LogP) is 23.1. The van der Waals surface area contributed by atoms with Crippen LogP contribution in [0.2, 0.25) is 0 Å². The zero-order valence-corrected chi connectivity index (χ0v) is 79.9. The molecule has 23 nitrogen and oxygen atoms in total. The second kappa shape index (κ2) is 80.4. The predicted molar refractivity (Wildman–Crippen MR) is 494 cm³/mol. The minimum atomic E-state index is -3.90. The smallest absolute Gasteiger partial charge is 0.327 e. The minimum Gasteiger partial charge on any atom is -0.494 e. The summed E-state index contributed by atoms with van der Waals surface area (Å²) in [6, 6.07) is 5.33. The Labute approximate surface area is 740 Å². The summed E-state index contributed by atoms with van der Waals surface area (Å²) < 4.78 is 81.4. The molecule has 0 saturated heterocycles. The summed E-state index contributed by atoms with van der Waals surface area (Å²) in [6.45, 7) is 16.8. The van der Waals surface area contributed by atoms with Crippen molar-refractivity contribution in [3.05, 3.63) is 54.1 Å². The van der Waals surface area contributed by atoms with Gasteiger partial charge in [-0.15, -0.1) is 0 Å². The van der Waals surface area contributed by atoms with Crippen LogP contribution in [0.3, 0.4) is 0 Å². The maximum atomic E-state index is 14.2. The molecule has 0 saturated carbocycles. The molecule has 6 atom stereocenters. The van der Waals surface area contributed by atoms with E-state index < -0.39 is 56.8 Å². The lowest BCUT2D eigenvalue weighted by atomic mass is 9.97. The number of benzene rings is 1. The van der Waals surface area contributed by atoms with Crippen LogP contribution < -0.4 is 26.0 Å². The molecular weight excluding hydrogens is 1590 g/mol. The number of hydrogen-bond donors (Lipinski definition) is 4. The van der Waals surface area contributed by atoms with Gasteiger partial charge in [0.05, 0.1) is 84.4 Å². The van der Waals surface area contributed by atoms with Crippen LogP contribution >= 0.6 is 15.2 Å². The van der Waals surface area contributed by atoms with Gasteiger partial charge < -0.3 is 63.0 Å². The van der Waals surface area contributed by atoms with E-state index in [4.69, 9.17) is 41.8 Å². The molecule has 4 amide bonds. The number of unbranched alkanes of at least 4 members (excludes halogenated alkanes) is 34. The molecule has 706 valence electrons. The molecule has 0 heterocycles. The Morgan fingerprint density at radius 1 is 0.352 bits per heavy atom. The molecule has 0 bridgehead atoms. The SMILES string of the molecule is CCCCCC/C=C\CCCC(=O)OC(CCCCCCC)CCOCC(COP(C)(=O)OCCNC(=O)C(Cc1ccc(OCCC)cc1)C(=O)NCCOP(C)(=O)OCC(COCCC(CCCCCCC)OC(=O)CCC/C=C\CCCCCC)NC(=O)CC(=O)CCCCCCCCCCC)NC(=O)CC(=O)CCCCCCCCCCC. The Kier molecular flexibility index (Phi) is 75.8. The molecule has 0 aromatic heterocycles. The number of nitrogens with one attached hydrogen (secondary N) is 4. The summed E-state index contributed by atoms with van der Waals surface area (Å²) in [5.74, 6) is -3.94. The number of Topliss-reactive ketones (excluding diaryl/α,β-unsaturated/α-hetero) is 2. The summed E-state index contributed by atoms with van der Waals surface area (Å²) in [5, 5.41) is 11.2. The lowest BCUT2D eigenvalue weighted by molar-refractivity contribution is -0.151. The average molecular weight is 1760 g/mol. The molecule has 122 heavy (non-hydrogen) atoms. The molecule has 0 aliphatic rings. The summed E-state index contributed by atoms with van der Waals surface area (Å²) >= 11 is 0. The Morgan fingerprint density at radius 3 is 1.05 bits per heavy atom. The number of esters is 2. The molecule has 1 rings (SSSR count). The molecule has 0 fully saturated rings. The minimum absolute atomic E-state index is 0.0389. The number of hydrogen-bond acceptors (Lipinski definition) is 19. The number of carbonyl (C=O) groups is 8. The molecule has 1 aromatic rings. The number of ether oxygens (including phenoxy) is 5. The van der Waals surface area contributed by atoms with Gasteiger partial charge in [0.15, 0.2) is 0 Å². The maximum absolute atomic E-state index is 14.2. The van der Waals surface area contributed by atoms with Gasteiger partial charge in [-0.1, -0.05) is 278 Å². The summed E-state index contributed by atoms with van der Waals surface area (Å²) in [5.41, 5.74) is 0.648. The van der Waals surface area contributed by atoms with Crippen molar-refractivity contribution in [2.24, 2.45) is 5.92 Å². The molecule has 0 spiro atoms. The fourth-order valence-corrected chi connectivity index (χ4v) is 16.0. The van der Waals surface area contributed by atoms with Gasteiger partial charge in [-0.05, 0) is 120 Å². The van der Waals surface area contributed by atoms with E-state index >= 15 is 0 Å².